The molecule has 2 N–H and O–H groups in total. The van der Waals surface area contributed by atoms with Gasteiger partial charge in [0, 0.05) is 24.9 Å². The van der Waals surface area contributed by atoms with Gasteiger partial charge in [0.05, 0.1) is 6.54 Å². The molecule has 2 heterocycles. The number of aromatic nitrogens is 1. The van der Waals surface area contributed by atoms with Crippen molar-refractivity contribution >= 4 is 0 Å². The number of hydrogen-bond acceptors (Lipinski definition) is 2. The Morgan fingerprint density at radius 1 is 1.35 bits per heavy atom. The van der Waals surface area contributed by atoms with E-state index in [-0.39, 0.29) is 12.1 Å². The monoisotopic (exact) mass is 270 g/mol. The highest BCUT2D eigenvalue weighted by molar-refractivity contribution is 5.37. The quantitative estimate of drug-likeness (QED) is 0.905. The molecule has 0 radical (unpaired) electrons. The molecule has 3 nitrogen and oxygen atoms in total. The average molecular weight is 270 g/mol. The van der Waals surface area contributed by atoms with Crippen LogP contribution < -0.4 is 10.5 Å². The minimum Gasteiger partial charge on any atom is -0.488 e. The largest absolute Gasteiger partial charge is 0.488 e. The third kappa shape index (κ3) is 2.73. The molecular weight excluding hydrogens is 248 g/mol. The number of nitrogens with zero attached hydrogens (tertiary/aromatic N) is 1. The normalized spacial score (nSPS) is 18.6. The molecule has 2 aromatic rings. The molecule has 0 aliphatic carbocycles. The van der Waals surface area contributed by atoms with Crippen molar-refractivity contribution in [2.45, 2.75) is 44.9 Å². The van der Waals surface area contributed by atoms with E-state index in [1.807, 2.05) is 12.1 Å². The summed E-state index contributed by atoms with van der Waals surface area (Å²) in [5.74, 6) is 1.03. The zero-order valence-electron chi connectivity index (χ0n) is 12.0. The Morgan fingerprint density at radius 3 is 3.00 bits per heavy atom. The highest BCUT2D eigenvalue weighted by atomic mass is 16.5. The van der Waals surface area contributed by atoms with Crippen molar-refractivity contribution in [3.8, 4) is 5.75 Å². The average Bonchev–Trinajstić information content (AvgIpc) is 3.05. The summed E-state index contributed by atoms with van der Waals surface area (Å²) >= 11 is 0. The summed E-state index contributed by atoms with van der Waals surface area (Å²) in [6.45, 7) is 3.05. The molecule has 1 aliphatic heterocycles. The fourth-order valence-electron chi connectivity index (χ4n) is 2.86. The number of rotatable bonds is 5. The lowest BCUT2D eigenvalue weighted by Crippen LogP contribution is -2.20. The fraction of sp³-hybridized carbons (Fsp3) is 0.412. The lowest BCUT2D eigenvalue weighted by atomic mass is 10.1. The highest BCUT2D eigenvalue weighted by Crippen LogP contribution is 2.29. The van der Waals surface area contributed by atoms with E-state index in [1.54, 1.807) is 0 Å². The van der Waals surface area contributed by atoms with Gasteiger partial charge in [0.1, 0.15) is 11.9 Å². The Hall–Kier alpha value is -1.74. The van der Waals surface area contributed by atoms with Crippen LogP contribution in [-0.4, -0.2) is 10.7 Å². The van der Waals surface area contributed by atoms with Gasteiger partial charge in [0.25, 0.3) is 0 Å². The third-order valence-corrected chi connectivity index (χ3v) is 3.93. The van der Waals surface area contributed by atoms with Crippen LogP contribution in [0.1, 0.15) is 36.9 Å². The van der Waals surface area contributed by atoms with Gasteiger partial charge in [-0.25, -0.2) is 0 Å². The van der Waals surface area contributed by atoms with Crippen molar-refractivity contribution in [3.63, 3.8) is 0 Å². The molecule has 3 rings (SSSR count). The Labute approximate surface area is 120 Å². The van der Waals surface area contributed by atoms with Gasteiger partial charge in [-0.3, -0.25) is 0 Å². The number of ether oxygens (including phenoxy) is 1. The van der Waals surface area contributed by atoms with Gasteiger partial charge in [0.15, 0.2) is 0 Å². The highest BCUT2D eigenvalue weighted by Gasteiger charge is 2.22. The summed E-state index contributed by atoms with van der Waals surface area (Å²) in [5, 5.41) is 0. The lowest BCUT2D eigenvalue weighted by molar-refractivity contribution is 0.209. The van der Waals surface area contributed by atoms with Crippen molar-refractivity contribution in [2.75, 3.05) is 0 Å². The predicted octanol–water partition coefficient (Wildman–Crippen LogP) is 3.29. The van der Waals surface area contributed by atoms with Crippen LogP contribution in [0, 0.1) is 0 Å². The summed E-state index contributed by atoms with van der Waals surface area (Å²) in [6, 6.07) is 10.6. The molecule has 1 aromatic heterocycles. The molecule has 0 spiro atoms. The maximum Gasteiger partial charge on any atom is 0.123 e. The molecule has 0 saturated carbocycles. The standard InChI is InChI=1S/C17H22N2O/c1-2-5-16(18)14-8-9-19(11-14)12-15-10-13-6-3-4-7-17(13)20-15/h3-4,6-9,11,15-16H,2,5,10,12,18H2,1H3. The molecule has 1 aromatic carbocycles. The second-order valence-corrected chi connectivity index (χ2v) is 5.59. The topological polar surface area (TPSA) is 40.2 Å². The van der Waals surface area contributed by atoms with Gasteiger partial charge in [0.2, 0.25) is 0 Å². The van der Waals surface area contributed by atoms with Crippen molar-refractivity contribution < 1.29 is 4.74 Å². The number of hydrogen-bond donors (Lipinski definition) is 1. The van der Waals surface area contributed by atoms with Gasteiger partial charge in [-0.15, -0.1) is 0 Å². The van der Waals surface area contributed by atoms with Crippen LogP contribution in [0.5, 0.6) is 5.75 Å². The zero-order valence-corrected chi connectivity index (χ0v) is 12.0. The van der Waals surface area contributed by atoms with Gasteiger partial charge in [-0.05, 0) is 29.7 Å². The fourth-order valence-corrected chi connectivity index (χ4v) is 2.86. The van der Waals surface area contributed by atoms with Crippen LogP contribution in [0.25, 0.3) is 0 Å². The summed E-state index contributed by atoms with van der Waals surface area (Å²) in [4.78, 5) is 0. The summed E-state index contributed by atoms with van der Waals surface area (Å²) in [6.07, 6.45) is 7.65. The molecule has 0 fully saturated rings. The Morgan fingerprint density at radius 2 is 2.20 bits per heavy atom. The molecular formula is C17H22N2O. The minimum absolute atomic E-state index is 0.156. The summed E-state index contributed by atoms with van der Waals surface area (Å²) in [5.41, 5.74) is 8.69. The van der Waals surface area contributed by atoms with Crippen LogP contribution in [0.3, 0.4) is 0 Å². The van der Waals surface area contributed by atoms with E-state index < -0.39 is 0 Å². The molecule has 0 amide bonds. The summed E-state index contributed by atoms with van der Waals surface area (Å²) < 4.78 is 8.17. The Kier molecular flexibility index (Phi) is 3.79. The first kappa shape index (κ1) is 13.3. The first-order valence-corrected chi connectivity index (χ1v) is 7.42. The predicted molar refractivity (Wildman–Crippen MR) is 80.8 cm³/mol. The van der Waals surface area contributed by atoms with E-state index in [0.29, 0.717) is 0 Å². The second kappa shape index (κ2) is 5.71. The van der Waals surface area contributed by atoms with Crippen molar-refractivity contribution in [2.24, 2.45) is 5.73 Å². The zero-order chi connectivity index (χ0) is 13.9. The maximum atomic E-state index is 6.15. The maximum absolute atomic E-state index is 6.15. The number of nitrogens with two attached hydrogens (primary N) is 1. The van der Waals surface area contributed by atoms with E-state index in [2.05, 4.69) is 42.1 Å². The molecule has 3 heteroatoms. The molecule has 1 aliphatic rings. The van der Waals surface area contributed by atoms with Gasteiger partial charge in [-0.2, -0.15) is 0 Å². The van der Waals surface area contributed by atoms with E-state index in [1.165, 1.54) is 11.1 Å². The third-order valence-electron chi connectivity index (χ3n) is 3.93. The molecule has 20 heavy (non-hydrogen) atoms. The summed E-state index contributed by atoms with van der Waals surface area (Å²) in [7, 11) is 0. The van der Waals surface area contributed by atoms with Crippen molar-refractivity contribution in [3.05, 3.63) is 53.9 Å². The number of benzene rings is 1. The minimum atomic E-state index is 0.156. The first-order valence-electron chi connectivity index (χ1n) is 7.42. The van der Waals surface area contributed by atoms with Crippen LogP contribution in [0.15, 0.2) is 42.7 Å². The van der Waals surface area contributed by atoms with Crippen LogP contribution in [0.2, 0.25) is 0 Å². The molecule has 0 saturated heterocycles. The smallest absolute Gasteiger partial charge is 0.123 e. The molecule has 2 unspecified atom stereocenters. The first-order chi connectivity index (χ1) is 9.76. The van der Waals surface area contributed by atoms with Crippen molar-refractivity contribution in [1.29, 1.82) is 0 Å². The Bertz CT molecular complexity index is 551. The molecule has 2 atom stereocenters. The van der Waals surface area contributed by atoms with Gasteiger partial charge < -0.3 is 15.0 Å². The van der Waals surface area contributed by atoms with Gasteiger partial charge >= 0.3 is 0 Å². The van der Waals surface area contributed by atoms with Crippen LogP contribution in [-0.2, 0) is 13.0 Å². The second-order valence-electron chi connectivity index (χ2n) is 5.59. The van der Waals surface area contributed by atoms with E-state index >= 15 is 0 Å². The van der Waals surface area contributed by atoms with E-state index in [4.69, 9.17) is 10.5 Å². The SMILES string of the molecule is CCCC(N)c1ccn(CC2Cc3ccccc3O2)c1. The van der Waals surface area contributed by atoms with E-state index in [0.717, 1.165) is 31.6 Å². The molecule has 106 valence electrons. The lowest BCUT2D eigenvalue weighted by Gasteiger charge is -2.12. The van der Waals surface area contributed by atoms with E-state index in [9.17, 15) is 0 Å². The van der Waals surface area contributed by atoms with Crippen molar-refractivity contribution in [1.82, 2.24) is 4.57 Å². The number of para-hydroxylation sites is 1. The molecule has 0 bridgehead atoms. The van der Waals surface area contributed by atoms with Crippen LogP contribution in [0.4, 0.5) is 0 Å². The Balaban J connectivity index is 1.63. The van der Waals surface area contributed by atoms with Gasteiger partial charge in [-0.1, -0.05) is 31.5 Å². The number of fused-ring (bicyclic) bond motifs is 1. The van der Waals surface area contributed by atoms with Crippen LogP contribution >= 0.6 is 0 Å².